The number of carbonyl (C=O) groups is 1. The van der Waals surface area contributed by atoms with Crippen molar-refractivity contribution in [3.05, 3.63) is 46.4 Å². The van der Waals surface area contributed by atoms with Crippen molar-refractivity contribution in [2.75, 3.05) is 30.4 Å². The quantitative estimate of drug-likeness (QED) is 0.906. The molecule has 3 rings (SSSR count). The third-order valence-corrected chi connectivity index (χ3v) is 4.80. The van der Waals surface area contributed by atoms with Crippen LogP contribution in [0.2, 0.25) is 0 Å². The first-order valence-electron chi connectivity index (χ1n) is 8.71. The molecule has 1 unspecified atom stereocenters. The maximum atomic E-state index is 12.7. The summed E-state index contributed by atoms with van der Waals surface area (Å²) in [7, 11) is 3.24. The van der Waals surface area contributed by atoms with Gasteiger partial charge in [0, 0.05) is 31.9 Å². The maximum absolute atomic E-state index is 12.7. The van der Waals surface area contributed by atoms with Crippen molar-refractivity contribution >= 4 is 17.3 Å². The number of carbonyl (C=O) groups excluding carboxylic acids is 1. The van der Waals surface area contributed by atoms with Gasteiger partial charge < -0.3 is 15.0 Å². The zero-order chi connectivity index (χ0) is 18.7. The Kier molecular flexibility index (Phi) is 5.25. The molecule has 0 saturated carbocycles. The smallest absolute Gasteiger partial charge is 0.268 e. The SMILES string of the molecule is COc1ccc(NC(=O)C2CCCN(c3cnn(C)c(=O)c3)C2)c(C)c1. The first kappa shape index (κ1) is 18.0. The van der Waals surface area contributed by atoms with Crippen LogP contribution < -0.4 is 20.5 Å². The molecular formula is C19H24N4O3. The average Bonchev–Trinajstić information content (AvgIpc) is 2.65. The number of hydrogen-bond donors (Lipinski definition) is 1. The van der Waals surface area contributed by atoms with E-state index < -0.39 is 0 Å². The van der Waals surface area contributed by atoms with Gasteiger partial charge in [0.05, 0.1) is 24.9 Å². The van der Waals surface area contributed by atoms with Gasteiger partial charge in [-0.3, -0.25) is 9.59 Å². The van der Waals surface area contributed by atoms with E-state index in [9.17, 15) is 9.59 Å². The van der Waals surface area contributed by atoms with E-state index >= 15 is 0 Å². The van der Waals surface area contributed by atoms with E-state index in [1.54, 1.807) is 26.4 Å². The van der Waals surface area contributed by atoms with Crippen LogP contribution in [-0.2, 0) is 11.8 Å². The van der Waals surface area contributed by atoms with Crippen LogP contribution in [0.25, 0.3) is 0 Å². The lowest BCUT2D eigenvalue weighted by Crippen LogP contribution is -2.41. The van der Waals surface area contributed by atoms with Crippen molar-refractivity contribution in [1.29, 1.82) is 0 Å². The van der Waals surface area contributed by atoms with Gasteiger partial charge in [0.1, 0.15) is 5.75 Å². The molecule has 0 bridgehead atoms. The standard InChI is InChI=1S/C19H24N4O3/c1-13-9-16(26-3)6-7-17(13)21-19(25)14-5-4-8-23(12-14)15-10-18(24)22(2)20-11-15/h6-7,9-11,14H,4-5,8,12H2,1-3H3,(H,21,25). The van der Waals surface area contributed by atoms with E-state index in [2.05, 4.69) is 15.3 Å². The molecule has 2 aromatic rings. The molecule has 0 aliphatic carbocycles. The van der Waals surface area contributed by atoms with Crippen molar-refractivity contribution < 1.29 is 9.53 Å². The Morgan fingerprint density at radius 1 is 1.35 bits per heavy atom. The summed E-state index contributed by atoms with van der Waals surface area (Å²) in [5.41, 5.74) is 2.37. The number of nitrogens with zero attached hydrogens (tertiary/aromatic N) is 3. The zero-order valence-electron chi connectivity index (χ0n) is 15.4. The van der Waals surface area contributed by atoms with Gasteiger partial charge in [0.2, 0.25) is 5.91 Å². The summed E-state index contributed by atoms with van der Waals surface area (Å²) in [6.07, 6.45) is 3.40. The molecule has 1 aliphatic rings. The molecule has 1 aromatic heterocycles. The van der Waals surface area contributed by atoms with Crippen LogP contribution in [-0.4, -0.2) is 35.9 Å². The fourth-order valence-electron chi connectivity index (χ4n) is 3.20. The summed E-state index contributed by atoms with van der Waals surface area (Å²) in [6, 6.07) is 7.16. The number of aromatic nitrogens is 2. The fraction of sp³-hybridized carbons (Fsp3) is 0.421. The van der Waals surface area contributed by atoms with Crippen molar-refractivity contribution in [2.24, 2.45) is 13.0 Å². The van der Waals surface area contributed by atoms with E-state index in [1.165, 1.54) is 4.68 Å². The van der Waals surface area contributed by atoms with E-state index in [1.807, 2.05) is 25.1 Å². The van der Waals surface area contributed by atoms with E-state index in [-0.39, 0.29) is 17.4 Å². The minimum atomic E-state index is -0.150. The Morgan fingerprint density at radius 2 is 2.15 bits per heavy atom. The maximum Gasteiger partial charge on any atom is 0.268 e. The van der Waals surface area contributed by atoms with E-state index in [0.29, 0.717) is 6.54 Å². The summed E-state index contributed by atoms with van der Waals surface area (Å²) >= 11 is 0. The third-order valence-electron chi connectivity index (χ3n) is 4.80. The molecule has 26 heavy (non-hydrogen) atoms. The monoisotopic (exact) mass is 356 g/mol. The predicted octanol–water partition coefficient (Wildman–Crippen LogP) is 1.95. The summed E-state index contributed by atoms with van der Waals surface area (Å²) in [5, 5.41) is 7.09. The van der Waals surface area contributed by atoms with Gasteiger partial charge in [-0.15, -0.1) is 0 Å². The molecule has 1 N–H and O–H groups in total. The van der Waals surface area contributed by atoms with E-state index in [0.717, 1.165) is 42.1 Å². The predicted molar refractivity (Wildman–Crippen MR) is 101 cm³/mol. The number of benzene rings is 1. The second kappa shape index (κ2) is 7.59. The number of amides is 1. The molecule has 0 radical (unpaired) electrons. The number of methoxy groups -OCH3 is 1. The van der Waals surface area contributed by atoms with Gasteiger partial charge in [-0.25, -0.2) is 4.68 Å². The molecule has 1 fully saturated rings. The Labute approximate surface area is 152 Å². The number of aryl methyl sites for hydroxylation is 2. The highest BCUT2D eigenvalue weighted by atomic mass is 16.5. The topological polar surface area (TPSA) is 76.5 Å². The lowest BCUT2D eigenvalue weighted by atomic mass is 9.96. The second-order valence-corrected chi connectivity index (χ2v) is 6.63. The Hall–Kier alpha value is -2.83. The number of hydrogen-bond acceptors (Lipinski definition) is 5. The number of piperidine rings is 1. The Balaban J connectivity index is 1.69. The molecule has 138 valence electrons. The first-order valence-corrected chi connectivity index (χ1v) is 8.71. The fourth-order valence-corrected chi connectivity index (χ4v) is 3.20. The molecule has 7 nitrogen and oxygen atoms in total. The Morgan fingerprint density at radius 3 is 2.85 bits per heavy atom. The minimum absolute atomic E-state index is 0.000223. The highest BCUT2D eigenvalue weighted by molar-refractivity contribution is 5.93. The summed E-state index contributed by atoms with van der Waals surface area (Å²) in [5.74, 6) is 0.636. The zero-order valence-corrected chi connectivity index (χ0v) is 15.4. The van der Waals surface area contributed by atoms with Gasteiger partial charge in [-0.1, -0.05) is 0 Å². The molecule has 2 heterocycles. The number of anilines is 2. The molecular weight excluding hydrogens is 332 g/mol. The summed E-state index contributed by atoms with van der Waals surface area (Å²) < 4.78 is 6.50. The summed E-state index contributed by atoms with van der Waals surface area (Å²) in [6.45, 7) is 3.34. The third kappa shape index (κ3) is 3.87. The molecule has 0 spiro atoms. The first-order chi connectivity index (χ1) is 12.5. The Bertz CT molecular complexity index is 862. The van der Waals surface area contributed by atoms with Gasteiger partial charge in [-0.2, -0.15) is 5.10 Å². The van der Waals surface area contributed by atoms with E-state index in [4.69, 9.17) is 4.74 Å². The number of rotatable bonds is 4. The van der Waals surface area contributed by atoms with Crippen molar-refractivity contribution in [3.8, 4) is 5.75 Å². The van der Waals surface area contributed by atoms with Gasteiger partial charge in [0.25, 0.3) is 5.56 Å². The normalized spacial score (nSPS) is 17.0. The second-order valence-electron chi connectivity index (χ2n) is 6.63. The van der Waals surface area contributed by atoms with Gasteiger partial charge in [-0.05, 0) is 43.5 Å². The average molecular weight is 356 g/mol. The molecule has 1 aromatic carbocycles. The van der Waals surface area contributed by atoms with Crippen LogP contribution in [0.5, 0.6) is 5.75 Å². The highest BCUT2D eigenvalue weighted by Crippen LogP contribution is 2.25. The largest absolute Gasteiger partial charge is 0.497 e. The molecule has 1 aliphatic heterocycles. The lowest BCUT2D eigenvalue weighted by molar-refractivity contribution is -0.120. The highest BCUT2D eigenvalue weighted by Gasteiger charge is 2.26. The molecule has 7 heteroatoms. The van der Waals surface area contributed by atoms with Crippen molar-refractivity contribution in [1.82, 2.24) is 9.78 Å². The van der Waals surface area contributed by atoms with Crippen LogP contribution >= 0.6 is 0 Å². The summed E-state index contributed by atoms with van der Waals surface area (Å²) in [4.78, 5) is 26.6. The van der Waals surface area contributed by atoms with Gasteiger partial charge in [0.15, 0.2) is 0 Å². The lowest BCUT2D eigenvalue weighted by Gasteiger charge is -2.33. The number of ether oxygens (including phenoxy) is 1. The van der Waals surface area contributed by atoms with Crippen LogP contribution in [0.1, 0.15) is 18.4 Å². The molecule has 1 atom stereocenters. The van der Waals surface area contributed by atoms with Crippen LogP contribution in [0, 0.1) is 12.8 Å². The van der Waals surface area contributed by atoms with Gasteiger partial charge >= 0.3 is 0 Å². The van der Waals surface area contributed by atoms with Crippen LogP contribution in [0.3, 0.4) is 0 Å². The van der Waals surface area contributed by atoms with Crippen molar-refractivity contribution in [2.45, 2.75) is 19.8 Å². The minimum Gasteiger partial charge on any atom is -0.497 e. The number of nitrogens with one attached hydrogen (secondary N) is 1. The molecule has 1 amide bonds. The van der Waals surface area contributed by atoms with Crippen molar-refractivity contribution in [3.63, 3.8) is 0 Å². The molecule has 1 saturated heterocycles. The van der Waals surface area contributed by atoms with Crippen LogP contribution in [0.15, 0.2) is 35.3 Å². The van der Waals surface area contributed by atoms with Crippen LogP contribution in [0.4, 0.5) is 11.4 Å².